The van der Waals surface area contributed by atoms with Crippen LogP contribution in [0.1, 0.15) is 18.9 Å². The molecule has 0 bridgehead atoms. The van der Waals surface area contributed by atoms with Gasteiger partial charge in [0, 0.05) is 6.20 Å². The van der Waals surface area contributed by atoms with Gasteiger partial charge in [0.15, 0.2) is 0 Å². The molecule has 0 atom stereocenters. The Morgan fingerprint density at radius 2 is 2.21 bits per heavy atom. The number of nitrogens with zero attached hydrogens (tertiary/aromatic N) is 1. The van der Waals surface area contributed by atoms with Crippen LogP contribution in [-0.2, 0) is 16.1 Å². The van der Waals surface area contributed by atoms with E-state index in [1.54, 1.807) is 4.90 Å². The normalized spacial score (nSPS) is 15.7. The lowest BCUT2D eigenvalue weighted by Crippen LogP contribution is -2.18. The Balaban J connectivity index is 1.82. The van der Waals surface area contributed by atoms with Crippen molar-refractivity contribution >= 4 is 6.09 Å². The molecule has 1 fully saturated rings. The number of hydrogen-bond acceptors (Lipinski definition) is 3. The molecule has 0 saturated carbocycles. The van der Waals surface area contributed by atoms with Crippen molar-refractivity contribution in [2.24, 2.45) is 0 Å². The summed E-state index contributed by atoms with van der Waals surface area (Å²) in [6.07, 6.45) is 2.44. The first kappa shape index (κ1) is 13.6. The number of amides is 1. The quantitative estimate of drug-likeness (QED) is 0.790. The number of rotatable bonds is 6. The summed E-state index contributed by atoms with van der Waals surface area (Å²) >= 11 is 0. The number of carbonyl (C=O) groups is 1. The highest BCUT2D eigenvalue weighted by Gasteiger charge is 2.19. The summed E-state index contributed by atoms with van der Waals surface area (Å²) in [4.78, 5) is 12.9. The fraction of sp³-hybridized carbons (Fsp3) is 0.400. The van der Waals surface area contributed by atoms with Gasteiger partial charge >= 0.3 is 6.09 Å². The number of hydrogen-bond donors (Lipinski definition) is 0. The average molecular weight is 261 g/mol. The Labute approximate surface area is 113 Å². The Bertz CT molecular complexity index is 442. The first-order valence-electron chi connectivity index (χ1n) is 6.54. The van der Waals surface area contributed by atoms with Crippen molar-refractivity contribution in [3.05, 3.63) is 47.7 Å². The molecule has 4 nitrogen and oxygen atoms in total. The van der Waals surface area contributed by atoms with Gasteiger partial charge in [-0.3, -0.25) is 4.90 Å². The van der Waals surface area contributed by atoms with Crippen LogP contribution in [0.25, 0.3) is 0 Å². The van der Waals surface area contributed by atoms with Crippen molar-refractivity contribution in [1.29, 1.82) is 0 Å². The summed E-state index contributed by atoms with van der Waals surface area (Å²) in [6, 6.07) is 10.0. The minimum Gasteiger partial charge on any atom is -0.447 e. The molecule has 1 aromatic carbocycles. The van der Waals surface area contributed by atoms with Crippen LogP contribution in [0.4, 0.5) is 4.79 Å². The van der Waals surface area contributed by atoms with Crippen molar-refractivity contribution in [3.63, 3.8) is 0 Å². The first-order valence-corrected chi connectivity index (χ1v) is 6.54. The van der Waals surface area contributed by atoms with Gasteiger partial charge in [0.2, 0.25) is 0 Å². The van der Waals surface area contributed by atoms with Gasteiger partial charge < -0.3 is 9.47 Å². The van der Waals surface area contributed by atoms with Crippen LogP contribution in [0.5, 0.6) is 0 Å². The molecule has 0 aromatic heterocycles. The van der Waals surface area contributed by atoms with Crippen molar-refractivity contribution in [1.82, 2.24) is 4.90 Å². The molecule has 0 unspecified atom stereocenters. The van der Waals surface area contributed by atoms with Gasteiger partial charge in [-0.2, -0.15) is 0 Å². The third kappa shape index (κ3) is 4.10. The van der Waals surface area contributed by atoms with Crippen molar-refractivity contribution < 1.29 is 14.3 Å². The summed E-state index contributed by atoms with van der Waals surface area (Å²) < 4.78 is 10.6. The van der Waals surface area contributed by atoms with Gasteiger partial charge in [-0.05, 0) is 17.6 Å². The molecule has 1 heterocycles. The van der Waals surface area contributed by atoms with E-state index < -0.39 is 0 Å². The third-order valence-corrected chi connectivity index (χ3v) is 2.98. The second-order valence-electron chi connectivity index (χ2n) is 4.43. The molecule has 19 heavy (non-hydrogen) atoms. The van der Waals surface area contributed by atoms with E-state index >= 15 is 0 Å². The predicted molar refractivity (Wildman–Crippen MR) is 72.5 cm³/mol. The molecular weight excluding hydrogens is 242 g/mol. The van der Waals surface area contributed by atoms with Crippen LogP contribution in [0.3, 0.4) is 0 Å². The topological polar surface area (TPSA) is 38.8 Å². The van der Waals surface area contributed by atoms with E-state index in [2.05, 4.69) is 6.92 Å². The van der Waals surface area contributed by atoms with Crippen LogP contribution in [0.2, 0.25) is 0 Å². The van der Waals surface area contributed by atoms with E-state index in [1.165, 1.54) is 0 Å². The number of cyclic esters (lactones) is 1. The molecule has 1 aliphatic heterocycles. The van der Waals surface area contributed by atoms with E-state index in [9.17, 15) is 4.79 Å². The summed E-state index contributed by atoms with van der Waals surface area (Å²) in [5.74, 6) is 0. The van der Waals surface area contributed by atoms with Crippen molar-refractivity contribution in [3.8, 4) is 0 Å². The van der Waals surface area contributed by atoms with E-state index in [1.807, 2.05) is 36.5 Å². The van der Waals surface area contributed by atoms with Gasteiger partial charge in [-0.15, -0.1) is 0 Å². The first-order chi connectivity index (χ1) is 9.29. The fourth-order valence-electron chi connectivity index (χ4n) is 1.85. The fourth-order valence-corrected chi connectivity index (χ4v) is 1.85. The summed E-state index contributed by atoms with van der Waals surface area (Å²) in [6.45, 7) is 4.27. The molecule has 4 heteroatoms. The lowest BCUT2D eigenvalue weighted by atomic mass is 10.2. The summed E-state index contributed by atoms with van der Waals surface area (Å²) in [5.41, 5.74) is 2.24. The Morgan fingerprint density at radius 3 is 2.84 bits per heavy atom. The van der Waals surface area contributed by atoms with Crippen LogP contribution in [0.15, 0.2) is 42.1 Å². The summed E-state index contributed by atoms with van der Waals surface area (Å²) in [7, 11) is 0. The lowest BCUT2D eigenvalue weighted by Gasteiger charge is -2.11. The van der Waals surface area contributed by atoms with Gasteiger partial charge in [0.25, 0.3) is 0 Å². The number of carbonyl (C=O) groups excluding carboxylic acids is 1. The average Bonchev–Trinajstić information content (AvgIpc) is 2.84. The van der Waals surface area contributed by atoms with Crippen molar-refractivity contribution in [2.75, 3.05) is 19.8 Å². The molecule has 102 valence electrons. The lowest BCUT2D eigenvalue weighted by molar-refractivity contribution is 0.139. The second kappa shape index (κ2) is 6.95. The summed E-state index contributed by atoms with van der Waals surface area (Å²) in [5, 5.41) is 0. The van der Waals surface area contributed by atoms with Gasteiger partial charge in [0.1, 0.15) is 6.61 Å². The largest absolute Gasteiger partial charge is 0.447 e. The molecule has 0 aliphatic carbocycles. The van der Waals surface area contributed by atoms with Gasteiger partial charge in [-0.1, -0.05) is 37.3 Å². The zero-order valence-corrected chi connectivity index (χ0v) is 11.2. The molecule has 0 N–H and O–H groups in total. The standard InChI is InChI=1S/C15H19NO3/c1-2-13(10-16-8-9-19-15(16)17)11-18-12-14-6-4-3-5-7-14/h3-7,10H,2,8-9,11-12H2,1H3/b13-10-. The van der Waals surface area contributed by atoms with Gasteiger partial charge in [0.05, 0.1) is 19.8 Å². The molecule has 0 radical (unpaired) electrons. The monoisotopic (exact) mass is 261 g/mol. The van der Waals surface area contributed by atoms with Crippen LogP contribution in [-0.4, -0.2) is 30.8 Å². The van der Waals surface area contributed by atoms with Crippen molar-refractivity contribution in [2.45, 2.75) is 20.0 Å². The predicted octanol–water partition coefficient (Wildman–Crippen LogP) is 2.95. The number of ether oxygens (including phenoxy) is 2. The highest BCUT2D eigenvalue weighted by Crippen LogP contribution is 2.10. The second-order valence-corrected chi connectivity index (χ2v) is 4.43. The molecule has 0 spiro atoms. The smallest absolute Gasteiger partial charge is 0.413 e. The van der Waals surface area contributed by atoms with E-state index in [0.717, 1.165) is 17.6 Å². The van der Waals surface area contributed by atoms with Crippen LogP contribution < -0.4 is 0 Å². The maximum atomic E-state index is 11.3. The third-order valence-electron chi connectivity index (χ3n) is 2.98. The Morgan fingerprint density at radius 1 is 1.42 bits per heavy atom. The van der Waals surface area contributed by atoms with E-state index in [0.29, 0.717) is 26.4 Å². The molecule has 2 rings (SSSR count). The van der Waals surface area contributed by atoms with Crippen LogP contribution in [0, 0.1) is 0 Å². The maximum absolute atomic E-state index is 11.3. The highest BCUT2D eigenvalue weighted by molar-refractivity contribution is 5.70. The molecule has 1 aliphatic rings. The Kier molecular flexibility index (Phi) is 4.98. The number of benzene rings is 1. The Hall–Kier alpha value is -1.81. The molecule has 1 saturated heterocycles. The molecule has 1 aromatic rings. The molecular formula is C15H19NO3. The van der Waals surface area contributed by atoms with E-state index in [4.69, 9.17) is 9.47 Å². The minimum absolute atomic E-state index is 0.269. The van der Waals surface area contributed by atoms with Crippen LogP contribution >= 0.6 is 0 Å². The van der Waals surface area contributed by atoms with E-state index in [-0.39, 0.29) is 6.09 Å². The molecule has 1 amide bonds. The highest BCUT2D eigenvalue weighted by atomic mass is 16.6. The zero-order chi connectivity index (χ0) is 13.5. The zero-order valence-electron chi connectivity index (χ0n) is 11.2. The maximum Gasteiger partial charge on any atom is 0.413 e. The SMILES string of the molecule is CC/C(=C/N1CCOC1=O)COCc1ccccc1. The minimum atomic E-state index is -0.269. The van der Waals surface area contributed by atoms with Gasteiger partial charge in [-0.25, -0.2) is 4.79 Å².